The van der Waals surface area contributed by atoms with E-state index in [1.165, 1.54) is 0 Å². The quantitative estimate of drug-likeness (QED) is 0.916. The molecule has 0 amide bonds. The maximum Gasteiger partial charge on any atom is 0.152 e. The molecule has 1 aliphatic rings. The fourth-order valence-corrected chi connectivity index (χ4v) is 3.61. The molecule has 1 N–H and O–H groups in total. The highest BCUT2D eigenvalue weighted by Gasteiger charge is 2.22. The minimum Gasteiger partial charge on any atom is -0.465 e. The van der Waals surface area contributed by atoms with Gasteiger partial charge in [0.15, 0.2) is 9.84 Å². The number of rotatable bonds is 4. The van der Waals surface area contributed by atoms with Crippen molar-refractivity contribution in [1.82, 2.24) is 10.2 Å². The van der Waals surface area contributed by atoms with Crippen LogP contribution in [0.15, 0.2) is 10.5 Å². The van der Waals surface area contributed by atoms with Crippen LogP contribution in [0.1, 0.15) is 37.9 Å². The molecule has 21 heavy (non-hydrogen) atoms. The zero-order valence-corrected chi connectivity index (χ0v) is 14.2. The third-order valence-electron chi connectivity index (χ3n) is 3.70. The second kappa shape index (κ2) is 6.10. The number of nitrogens with zero attached hydrogens (tertiary/aromatic N) is 1. The van der Waals surface area contributed by atoms with Crippen LogP contribution in [-0.2, 0) is 22.9 Å². The molecule has 0 radical (unpaired) electrons. The molecule has 6 heteroatoms. The van der Waals surface area contributed by atoms with E-state index in [0.29, 0.717) is 19.6 Å². The summed E-state index contributed by atoms with van der Waals surface area (Å²) in [5.74, 6) is 2.39. The van der Waals surface area contributed by atoms with E-state index in [2.05, 4.69) is 37.1 Å². The fraction of sp³-hybridized carbons (Fsp3) is 0.733. The van der Waals surface area contributed by atoms with Crippen LogP contribution in [0, 0.1) is 6.92 Å². The van der Waals surface area contributed by atoms with Crippen molar-refractivity contribution >= 4 is 9.84 Å². The van der Waals surface area contributed by atoms with Gasteiger partial charge >= 0.3 is 0 Å². The normalized spacial score (nSPS) is 19.8. The molecule has 1 aromatic rings. The Hall–Kier alpha value is -0.850. The molecule has 1 fully saturated rings. The number of hydrogen-bond acceptors (Lipinski definition) is 5. The van der Waals surface area contributed by atoms with Gasteiger partial charge in [-0.3, -0.25) is 4.90 Å². The lowest BCUT2D eigenvalue weighted by Gasteiger charge is -2.26. The molecule has 0 bridgehead atoms. The van der Waals surface area contributed by atoms with Crippen molar-refractivity contribution in [2.24, 2.45) is 0 Å². The van der Waals surface area contributed by atoms with E-state index in [0.717, 1.165) is 23.6 Å². The Kier molecular flexibility index (Phi) is 4.80. The highest BCUT2D eigenvalue weighted by molar-refractivity contribution is 7.91. The summed E-state index contributed by atoms with van der Waals surface area (Å²) in [5.41, 5.74) is 1.21. The Balaban J connectivity index is 1.94. The first-order chi connectivity index (χ1) is 9.65. The number of sulfone groups is 1. The molecule has 0 atom stereocenters. The maximum atomic E-state index is 11.4. The van der Waals surface area contributed by atoms with Crippen LogP contribution in [0.3, 0.4) is 0 Å². The van der Waals surface area contributed by atoms with Crippen LogP contribution in [0.2, 0.25) is 0 Å². The van der Waals surface area contributed by atoms with Crippen LogP contribution in [0.25, 0.3) is 0 Å². The molecule has 0 aliphatic carbocycles. The number of aryl methyl sites for hydroxylation is 1. The van der Waals surface area contributed by atoms with Crippen molar-refractivity contribution in [3.63, 3.8) is 0 Å². The predicted octanol–water partition coefficient (Wildman–Crippen LogP) is 1.71. The van der Waals surface area contributed by atoms with Crippen LogP contribution in [0.5, 0.6) is 0 Å². The van der Waals surface area contributed by atoms with E-state index in [1.807, 2.05) is 6.92 Å². The van der Waals surface area contributed by atoms with Crippen LogP contribution < -0.4 is 5.32 Å². The zero-order valence-electron chi connectivity index (χ0n) is 13.4. The highest BCUT2D eigenvalue weighted by Crippen LogP contribution is 2.18. The Morgan fingerprint density at radius 3 is 2.48 bits per heavy atom. The van der Waals surface area contributed by atoms with Crippen LogP contribution >= 0.6 is 0 Å². The standard InChI is InChI=1S/C15H26N2O3S/c1-12-13(9-14(20-12)10-16-15(2,3)4)11-17-5-7-21(18,19)8-6-17/h9,16H,5-8,10-11H2,1-4H3. The van der Waals surface area contributed by atoms with Gasteiger partial charge in [0.25, 0.3) is 0 Å². The summed E-state index contributed by atoms with van der Waals surface area (Å²) in [4.78, 5) is 2.18. The van der Waals surface area contributed by atoms with Gasteiger partial charge in [-0.2, -0.15) is 0 Å². The molecular weight excluding hydrogens is 288 g/mol. The van der Waals surface area contributed by atoms with Gasteiger partial charge in [0.1, 0.15) is 11.5 Å². The lowest BCUT2D eigenvalue weighted by atomic mass is 10.1. The first-order valence-corrected chi connectivity index (χ1v) is 9.23. The van der Waals surface area contributed by atoms with Crippen molar-refractivity contribution in [2.45, 2.75) is 46.3 Å². The van der Waals surface area contributed by atoms with Gasteiger partial charge in [0, 0.05) is 30.7 Å². The van der Waals surface area contributed by atoms with Gasteiger partial charge < -0.3 is 9.73 Å². The van der Waals surface area contributed by atoms with Crippen LogP contribution in [0.4, 0.5) is 0 Å². The third-order valence-corrected chi connectivity index (χ3v) is 5.30. The summed E-state index contributed by atoms with van der Waals surface area (Å²) in [6.45, 7) is 11.0. The fourth-order valence-electron chi connectivity index (χ4n) is 2.33. The summed E-state index contributed by atoms with van der Waals surface area (Å²) in [7, 11) is -2.81. The average molecular weight is 314 g/mol. The van der Waals surface area contributed by atoms with E-state index in [4.69, 9.17) is 4.42 Å². The van der Waals surface area contributed by atoms with Gasteiger partial charge in [-0.05, 0) is 33.8 Å². The topological polar surface area (TPSA) is 62.6 Å². The lowest BCUT2D eigenvalue weighted by molar-refractivity contribution is 0.285. The molecule has 0 spiro atoms. The zero-order chi connectivity index (χ0) is 15.7. The van der Waals surface area contributed by atoms with Crippen molar-refractivity contribution in [1.29, 1.82) is 0 Å². The SMILES string of the molecule is Cc1oc(CNC(C)(C)C)cc1CN1CCS(=O)(=O)CC1. The molecule has 0 unspecified atom stereocenters. The molecule has 1 saturated heterocycles. The Bertz CT molecular complexity index is 571. The summed E-state index contributed by atoms with van der Waals surface area (Å²) >= 11 is 0. The second-order valence-corrected chi connectivity index (χ2v) is 9.13. The third kappa shape index (κ3) is 5.13. The van der Waals surface area contributed by atoms with Crippen molar-refractivity contribution in [3.05, 3.63) is 23.2 Å². The molecular formula is C15H26N2O3S. The molecule has 1 aliphatic heterocycles. The van der Waals surface area contributed by atoms with Gasteiger partial charge in [0.2, 0.25) is 0 Å². The van der Waals surface area contributed by atoms with E-state index in [9.17, 15) is 8.42 Å². The highest BCUT2D eigenvalue weighted by atomic mass is 32.2. The molecule has 2 rings (SSSR count). The molecule has 2 heterocycles. The van der Waals surface area contributed by atoms with Gasteiger partial charge in [-0.25, -0.2) is 8.42 Å². The van der Waals surface area contributed by atoms with Gasteiger partial charge in [0.05, 0.1) is 18.1 Å². The summed E-state index contributed by atoms with van der Waals surface area (Å²) in [6, 6.07) is 2.08. The van der Waals surface area contributed by atoms with Gasteiger partial charge in [-0.1, -0.05) is 0 Å². The van der Waals surface area contributed by atoms with E-state index in [1.54, 1.807) is 0 Å². The van der Waals surface area contributed by atoms with Crippen molar-refractivity contribution < 1.29 is 12.8 Å². The Morgan fingerprint density at radius 1 is 1.29 bits per heavy atom. The number of furan rings is 1. The van der Waals surface area contributed by atoms with Crippen molar-refractivity contribution in [2.75, 3.05) is 24.6 Å². The minimum atomic E-state index is -2.81. The summed E-state index contributed by atoms with van der Waals surface area (Å²) in [6.07, 6.45) is 0. The monoisotopic (exact) mass is 314 g/mol. The van der Waals surface area contributed by atoms with Crippen LogP contribution in [-0.4, -0.2) is 43.5 Å². The summed E-state index contributed by atoms with van der Waals surface area (Å²) < 4.78 is 28.7. The van der Waals surface area contributed by atoms with Crippen molar-refractivity contribution in [3.8, 4) is 0 Å². The first kappa shape index (κ1) is 16.5. The number of hydrogen-bond donors (Lipinski definition) is 1. The predicted molar refractivity (Wildman–Crippen MR) is 84.0 cm³/mol. The molecule has 5 nitrogen and oxygen atoms in total. The molecule has 120 valence electrons. The lowest BCUT2D eigenvalue weighted by Crippen LogP contribution is -2.39. The van der Waals surface area contributed by atoms with Gasteiger partial charge in [-0.15, -0.1) is 0 Å². The molecule has 0 aromatic carbocycles. The largest absolute Gasteiger partial charge is 0.465 e. The minimum absolute atomic E-state index is 0.0576. The van der Waals surface area contributed by atoms with E-state index < -0.39 is 9.84 Å². The first-order valence-electron chi connectivity index (χ1n) is 7.41. The van der Waals surface area contributed by atoms with E-state index >= 15 is 0 Å². The maximum absolute atomic E-state index is 11.4. The average Bonchev–Trinajstić information content (AvgIpc) is 2.70. The molecule has 0 saturated carbocycles. The summed E-state index contributed by atoms with van der Waals surface area (Å²) in [5, 5.41) is 3.41. The Labute approximate surface area is 127 Å². The second-order valence-electron chi connectivity index (χ2n) is 6.83. The number of nitrogens with one attached hydrogen (secondary N) is 1. The van der Waals surface area contributed by atoms with E-state index in [-0.39, 0.29) is 17.0 Å². The smallest absolute Gasteiger partial charge is 0.152 e. The molecule has 1 aromatic heterocycles. The Morgan fingerprint density at radius 2 is 1.90 bits per heavy atom.